The molecule has 0 aliphatic heterocycles. The third-order valence-corrected chi connectivity index (χ3v) is 8.50. The molecule has 2 atom stereocenters. The molecule has 240 valence electrons. The highest BCUT2D eigenvalue weighted by atomic mass is 35.5. The number of halogens is 1. The molecule has 0 unspecified atom stereocenters. The first kappa shape index (κ1) is 33.6. The van der Waals surface area contributed by atoms with Crippen LogP contribution in [0.1, 0.15) is 27.8 Å². The molecule has 0 aromatic heterocycles. The van der Waals surface area contributed by atoms with E-state index in [1.807, 2.05) is 115 Å². The van der Waals surface area contributed by atoms with E-state index < -0.39 is 12.0 Å². The van der Waals surface area contributed by atoms with Crippen LogP contribution in [0.5, 0.6) is 0 Å². The Labute approximate surface area is 283 Å². The standard InChI is InChI=1S/C41H41ClN2O3/c42-28-40(45)44(39(27-34-18-8-2-9-19-34)41(46)47-32-37-24-14-5-15-25-37)31-38(26-33-16-6-1-7-17-33)43(29-35-20-10-3-11-21-35)30-36-22-12-4-13-23-36/h1-25,38-39H,26-32H2/t38-,39-/m0/s1. The van der Waals surface area contributed by atoms with Crippen LogP contribution < -0.4 is 0 Å². The smallest absolute Gasteiger partial charge is 0.329 e. The van der Waals surface area contributed by atoms with Crippen LogP contribution in [0.2, 0.25) is 0 Å². The highest BCUT2D eigenvalue weighted by molar-refractivity contribution is 6.27. The van der Waals surface area contributed by atoms with Gasteiger partial charge in [0.25, 0.3) is 0 Å². The maximum absolute atomic E-state index is 14.0. The second-order valence-corrected chi connectivity index (χ2v) is 12.0. The molecule has 0 aliphatic rings. The molecule has 5 aromatic carbocycles. The summed E-state index contributed by atoms with van der Waals surface area (Å²) in [5.41, 5.74) is 5.30. The molecule has 0 saturated carbocycles. The van der Waals surface area contributed by atoms with Crippen molar-refractivity contribution in [2.24, 2.45) is 0 Å². The van der Waals surface area contributed by atoms with Crippen LogP contribution in [0.15, 0.2) is 152 Å². The molecule has 1 amide bonds. The molecule has 5 nitrogen and oxygen atoms in total. The molecule has 0 aliphatic carbocycles. The molecular weight excluding hydrogens is 604 g/mol. The molecular formula is C41H41ClN2O3. The van der Waals surface area contributed by atoms with Crippen molar-refractivity contribution in [3.8, 4) is 0 Å². The van der Waals surface area contributed by atoms with Crippen LogP contribution in [0.25, 0.3) is 0 Å². The lowest BCUT2D eigenvalue weighted by Gasteiger charge is -2.38. The van der Waals surface area contributed by atoms with E-state index in [0.717, 1.165) is 16.7 Å². The van der Waals surface area contributed by atoms with Gasteiger partial charge in [0.2, 0.25) is 5.91 Å². The average molecular weight is 645 g/mol. The Kier molecular flexibility index (Phi) is 12.8. The largest absolute Gasteiger partial charge is 0.459 e. The normalized spacial score (nSPS) is 12.3. The first-order valence-electron chi connectivity index (χ1n) is 16.0. The zero-order valence-corrected chi connectivity index (χ0v) is 27.3. The molecule has 47 heavy (non-hydrogen) atoms. The lowest BCUT2D eigenvalue weighted by atomic mass is 9.99. The van der Waals surface area contributed by atoms with Gasteiger partial charge in [0.1, 0.15) is 18.5 Å². The number of carbonyl (C=O) groups is 2. The van der Waals surface area contributed by atoms with E-state index in [2.05, 4.69) is 41.3 Å². The van der Waals surface area contributed by atoms with Crippen molar-refractivity contribution in [1.82, 2.24) is 9.80 Å². The van der Waals surface area contributed by atoms with Crippen LogP contribution in [-0.4, -0.2) is 46.2 Å². The number of ether oxygens (including phenoxy) is 1. The van der Waals surface area contributed by atoms with Crippen LogP contribution in [-0.2, 0) is 46.9 Å². The SMILES string of the molecule is O=C(OCc1ccccc1)[C@H](Cc1ccccc1)N(C[C@H](Cc1ccccc1)N(Cc1ccccc1)Cc1ccccc1)C(=O)CCl. The highest BCUT2D eigenvalue weighted by Gasteiger charge is 2.34. The zero-order valence-electron chi connectivity index (χ0n) is 26.5. The summed E-state index contributed by atoms with van der Waals surface area (Å²) in [5.74, 6) is -0.999. The van der Waals surface area contributed by atoms with Gasteiger partial charge in [0.05, 0.1) is 0 Å². The Morgan fingerprint density at radius 1 is 0.553 bits per heavy atom. The number of alkyl halides is 1. The third-order valence-electron chi connectivity index (χ3n) is 8.27. The van der Waals surface area contributed by atoms with E-state index in [4.69, 9.17) is 16.3 Å². The summed E-state index contributed by atoms with van der Waals surface area (Å²) in [6.45, 7) is 1.74. The van der Waals surface area contributed by atoms with E-state index in [1.165, 1.54) is 11.1 Å². The summed E-state index contributed by atoms with van der Waals surface area (Å²) in [6.07, 6.45) is 0.982. The number of nitrogens with zero attached hydrogens (tertiary/aromatic N) is 2. The zero-order chi connectivity index (χ0) is 32.7. The summed E-state index contributed by atoms with van der Waals surface area (Å²) < 4.78 is 5.90. The molecule has 0 fully saturated rings. The molecule has 6 heteroatoms. The van der Waals surface area contributed by atoms with Crippen LogP contribution >= 0.6 is 11.6 Å². The van der Waals surface area contributed by atoms with Gasteiger partial charge in [-0.2, -0.15) is 0 Å². The number of hydrogen-bond donors (Lipinski definition) is 0. The van der Waals surface area contributed by atoms with Crippen LogP contribution in [0.4, 0.5) is 0 Å². The van der Waals surface area contributed by atoms with Crippen molar-refractivity contribution in [3.05, 3.63) is 179 Å². The summed E-state index contributed by atoms with van der Waals surface area (Å²) in [7, 11) is 0. The fourth-order valence-electron chi connectivity index (χ4n) is 5.83. The molecule has 0 heterocycles. The highest BCUT2D eigenvalue weighted by Crippen LogP contribution is 2.22. The first-order valence-corrected chi connectivity index (χ1v) is 16.6. The lowest BCUT2D eigenvalue weighted by Crippen LogP contribution is -2.54. The average Bonchev–Trinajstić information content (AvgIpc) is 3.13. The Bertz CT molecular complexity index is 1600. The van der Waals surface area contributed by atoms with Gasteiger partial charge in [-0.3, -0.25) is 9.69 Å². The maximum atomic E-state index is 14.0. The van der Waals surface area contributed by atoms with Gasteiger partial charge in [-0.05, 0) is 34.2 Å². The molecule has 0 N–H and O–H groups in total. The van der Waals surface area contributed by atoms with Crippen LogP contribution in [0, 0.1) is 0 Å². The van der Waals surface area contributed by atoms with Crippen molar-refractivity contribution in [3.63, 3.8) is 0 Å². The fourth-order valence-corrected chi connectivity index (χ4v) is 5.99. The summed E-state index contributed by atoms with van der Waals surface area (Å²) in [4.78, 5) is 31.9. The molecule has 0 radical (unpaired) electrons. The Hall–Kier alpha value is -4.71. The van der Waals surface area contributed by atoms with Gasteiger partial charge in [-0.25, -0.2) is 4.79 Å². The number of benzene rings is 5. The summed E-state index contributed by atoms with van der Waals surface area (Å²) >= 11 is 6.30. The van der Waals surface area contributed by atoms with E-state index >= 15 is 0 Å². The molecule has 5 rings (SSSR count). The van der Waals surface area contributed by atoms with Gasteiger partial charge >= 0.3 is 5.97 Å². The molecule has 5 aromatic rings. The van der Waals surface area contributed by atoms with E-state index in [-0.39, 0.29) is 31.0 Å². The van der Waals surface area contributed by atoms with Crippen molar-refractivity contribution >= 4 is 23.5 Å². The number of carbonyl (C=O) groups excluding carboxylic acids is 2. The first-order chi connectivity index (χ1) is 23.1. The maximum Gasteiger partial charge on any atom is 0.329 e. The van der Waals surface area contributed by atoms with E-state index in [9.17, 15) is 9.59 Å². The second-order valence-electron chi connectivity index (χ2n) is 11.7. The Balaban J connectivity index is 1.51. The lowest BCUT2D eigenvalue weighted by molar-refractivity contribution is -0.156. The van der Waals surface area contributed by atoms with Crippen LogP contribution in [0.3, 0.4) is 0 Å². The van der Waals surface area contributed by atoms with E-state index in [1.54, 1.807) is 4.90 Å². The number of amides is 1. The summed E-state index contributed by atoms with van der Waals surface area (Å²) in [5, 5.41) is 0. The Morgan fingerprint density at radius 3 is 1.40 bits per heavy atom. The minimum Gasteiger partial charge on any atom is -0.459 e. The Morgan fingerprint density at radius 2 is 0.957 bits per heavy atom. The quantitative estimate of drug-likeness (QED) is 0.0815. The number of esters is 1. The van der Waals surface area contributed by atoms with Gasteiger partial charge < -0.3 is 9.64 Å². The number of hydrogen-bond acceptors (Lipinski definition) is 4. The second kappa shape index (κ2) is 17.8. The third kappa shape index (κ3) is 10.4. The predicted octanol–water partition coefficient (Wildman–Crippen LogP) is 7.72. The summed E-state index contributed by atoms with van der Waals surface area (Å²) in [6, 6.07) is 49.3. The van der Waals surface area contributed by atoms with Gasteiger partial charge in [-0.1, -0.05) is 152 Å². The van der Waals surface area contributed by atoms with Crippen molar-refractivity contribution in [2.45, 2.75) is 44.6 Å². The van der Waals surface area contributed by atoms with Crippen molar-refractivity contribution < 1.29 is 14.3 Å². The fraction of sp³-hybridized carbons (Fsp3) is 0.220. The van der Waals surface area contributed by atoms with Crippen molar-refractivity contribution in [2.75, 3.05) is 12.4 Å². The molecule has 0 bridgehead atoms. The molecule has 0 saturated heterocycles. The van der Waals surface area contributed by atoms with Gasteiger partial charge in [-0.15, -0.1) is 11.6 Å². The minimum absolute atomic E-state index is 0.120. The predicted molar refractivity (Wildman–Crippen MR) is 189 cm³/mol. The van der Waals surface area contributed by atoms with Gasteiger partial charge in [0.15, 0.2) is 0 Å². The minimum atomic E-state index is -0.860. The monoisotopic (exact) mass is 644 g/mol. The number of rotatable bonds is 16. The topological polar surface area (TPSA) is 49.9 Å². The van der Waals surface area contributed by atoms with Gasteiger partial charge in [0, 0.05) is 32.1 Å². The van der Waals surface area contributed by atoms with Crippen molar-refractivity contribution in [1.29, 1.82) is 0 Å². The molecule has 0 spiro atoms. The van der Waals surface area contributed by atoms with E-state index in [0.29, 0.717) is 25.9 Å².